The van der Waals surface area contributed by atoms with E-state index < -0.39 is 0 Å². The molecule has 22 heavy (non-hydrogen) atoms. The Hall–Kier alpha value is -1.86. The Balaban J connectivity index is 1.92. The monoisotopic (exact) mass is 307 g/mol. The number of para-hydroxylation sites is 1. The van der Waals surface area contributed by atoms with E-state index in [0.29, 0.717) is 31.2 Å². The molecule has 0 spiro atoms. The highest BCUT2D eigenvalue weighted by molar-refractivity contribution is 5.70. The van der Waals surface area contributed by atoms with Crippen molar-refractivity contribution in [2.24, 2.45) is 0 Å². The molecule has 0 aromatic heterocycles. The van der Waals surface area contributed by atoms with E-state index in [4.69, 9.17) is 9.47 Å². The lowest BCUT2D eigenvalue weighted by Crippen LogP contribution is -2.48. The number of nitro benzene ring substituents is 1. The predicted molar refractivity (Wildman–Crippen MR) is 82.6 cm³/mol. The van der Waals surface area contributed by atoms with Crippen LogP contribution in [0.3, 0.4) is 0 Å². The maximum absolute atomic E-state index is 11.5. The molecule has 0 aliphatic carbocycles. The maximum atomic E-state index is 11.5. The van der Waals surface area contributed by atoms with E-state index in [-0.39, 0.29) is 22.8 Å². The summed E-state index contributed by atoms with van der Waals surface area (Å²) in [4.78, 5) is 15.5. The molecule has 0 N–H and O–H groups in total. The van der Waals surface area contributed by atoms with Gasteiger partial charge in [0.25, 0.3) is 0 Å². The molecular formula is C15H21N3O4. The number of nitrogens with zero attached hydrogens (tertiary/aromatic N) is 3. The molecule has 1 aromatic rings. The molecule has 0 amide bonds. The minimum absolute atomic E-state index is 0.0469. The van der Waals surface area contributed by atoms with Crippen LogP contribution in [0.4, 0.5) is 11.4 Å². The van der Waals surface area contributed by atoms with E-state index in [0.717, 1.165) is 13.1 Å². The molecule has 7 heteroatoms. The second-order valence-electron chi connectivity index (χ2n) is 5.68. The van der Waals surface area contributed by atoms with Gasteiger partial charge in [-0.3, -0.25) is 15.0 Å². The van der Waals surface area contributed by atoms with Gasteiger partial charge >= 0.3 is 5.69 Å². The molecule has 0 saturated carbocycles. The van der Waals surface area contributed by atoms with Gasteiger partial charge < -0.3 is 14.4 Å². The van der Waals surface area contributed by atoms with E-state index in [2.05, 4.69) is 11.9 Å². The predicted octanol–water partition coefficient (Wildman–Crippen LogP) is 1.51. The minimum Gasteiger partial charge on any atom is -0.487 e. The molecule has 0 bridgehead atoms. The summed E-state index contributed by atoms with van der Waals surface area (Å²) in [6.45, 7) is 5.25. The molecule has 0 radical (unpaired) electrons. The largest absolute Gasteiger partial charge is 0.487 e. The van der Waals surface area contributed by atoms with Crippen LogP contribution in [0, 0.1) is 10.1 Å². The van der Waals surface area contributed by atoms with Crippen molar-refractivity contribution in [3.05, 3.63) is 28.3 Å². The van der Waals surface area contributed by atoms with Gasteiger partial charge in [0.05, 0.1) is 30.3 Å². The number of morpholine rings is 1. The van der Waals surface area contributed by atoms with E-state index in [1.807, 2.05) is 11.8 Å². The van der Waals surface area contributed by atoms with Crippen LogP contribution < -0.4 is 9.64 Å². The van der Waals surface area contributed by atoms with E-state index in [1.165, 1.54) is 0 Å². The van der Waals surface area contributed by atoms with E-state index in [9.17, 15) is 10.1 Å². The molecular weight excluding hydrogens is 286 g/mol. The van der Waals surface area contributed by atoms with Crippen molar-refractivity contribution in [1.82, 2.24) is 4.90 Å². The summed E-state index contributed by atoms with van der Waals surface area (Å²) in [5.41, 5.74) is 0.660. The standard InChI is InChI=1S/C15H21N3O4/c1-3-21-13-6-4-5-11(15(13)18(19)20)17-9-12-14(10-17)22-8-7-16(12)2/h4-6,12,14H,3,7-10H2,1-2H3/t12-,14+/m1/s1. The normalized spacial score (nSPS) is 25.1. The number of rotatable bonds is 4. The Labute approximate surface area is 129 Å². The number of benzene rings is 1. The first kappa shape index (κ1) is 15.1. The number of likely N-dealkylation sites (N-methyl/N-ethyl adjacent to an activating group) is 1. The van der Waals surface area contributed by atoms with Crippen molar-refractivity contribution in [3.63, 3.8) is 0 Å². The van der Waals surface area contributed by atoms with Gasteiger partial charge in [0.1, 0.15) is 5.69 Å². The third kappa shape index (κ3) is 2.62. The second-order valence-corrected chi connectivity index (χ2v) is 5.68. The van der Waals surface area contributed by atoms with Gasteiger partial charge in [-0.15, -0.1) is 0 Å². The fourth-order valence-electron chi connectivity index (χ4n) is 3.28. The van der Waals surface area contributed by atoms with Crippen LogP contribution in [0.25, 0.3) is 0 Å². The SMILES string of the molecule is CCOc1cccc(N2C[C@@H]3OCCN(C)[C@@H]3C2)c1[N+](=O)[O-]. The maximum Gasteiger partial charge on any atom is 0.333 e. The zero-order valence-electron chi connectivity index (χ0n) is 12.9. The number of anilines is 1. The zero-order valence-corrected chi connectivity index (χ0v) is 12.9. The summed E-state index contributed by atoms with van der Waals surface area (Å²) >= 11 is 0. The van der Waals surface area contributed by atoms with Crippen molar-refractivity contribution in [2.45, 2.75) is 19.1 Å². The number of hydrogen-bond donors (Lipinski definition) is 0. The Morgan fingerprint density at radius 1 is 1.45 bits per heavy atom. The molecule has 2 atom stereocenters. The highest BCUT2D eigenvalue weighted by Crippen LogP contribution is 2.39. The molecule has 2 aliphatic heterocycles. The summed E-state index contributed by atoms with van der Waals surface area (Å²) in [5.74, 6) is 0.328. The third-order valence-corrected chi connectivity index (χ3v) is 4.38. The fraction of sp³-hybridized carbons (Fsp3) is 0.600. The average Bonchev–Trinajstić information content (AvgIpc) is 2.92. The van der Waals surface area contributed by atoms with Gasteiger partial charge in [0, 0.05) is 19.6 Å². The summed E-state index contributed by atoms with van der Waals surface area (Å²) in [7, 11) is 2.08. The lowest BCUT2D eigenvalue weighted by atomic mass is 10.1. The van der Waals surface area contributed by atoms with E-state index in [1.54, 1.807) is 18.2 Å². The molecule has 2 fully saturated rings. The lowest BCUT2D eigenvalue weighted by molar-refractivity contribution is -0.385. The molecule has 2 saturated heterocycles. The van der Waals surface area contributed by atoms with Crippen LogP contribution in [-0.2, 0) is 4.74 Å². The number of hydrogen-bond acceptors (Lipinski definition) is 6. The number of fused-ring (bicyclic) bond motifs is 1. The summed E-state index contributed by atoms with van der Waals surface area (Å²) < 4.78 is 11.2. The van der Waals surface area contributed by atoms with Crippen molar-refractivity contribution in [3.8, 4) is 5.75 Å². The van der Waals surface area contributed by atoms with Crippen LogP contribution in [0.1, 0.15) is 6.92 Å². The van der Waals surface area contributed by atoms with Crippen LogP contribution >= 0.6 is 0 Å². The van der Waals surface area contributed by atoms with Gasteiger partial charge in [-0.05, 0) is 26.1 Å². The smallest absolute Gasteiger partial charge is 0.333 e. The van der Waals surface area contributed by atoms with Crippen LogP contribution in [-0.4, -0.2) is 61.9 Å². The first-order valence-electron chi connectivity index (χ1n) is 7.58. The summed E-state index contributed by atoms with van der Waals surface area (Å²) in [5, 5.41) is 11.5. The quantitative estimate of drug-likeness (QED) is 0.620. The molecule has 2 aliphatic rings. The van der Waals surface area contributed by atoms with Gasteiger partial charge in [-0.2, -0.15) is 0 Å². The Morgan fingerprint density at radius 3 is 2.95 bits per heavy atom. The topological polar surface area (TPSA) is 68.1 Å². The van der Waals surface area contributed by atoms with Crippen molar-refractivity contribution >= 4 is 11.4 Å². The summed E-state index contributed by atoms with van der Waals surface area (Å²) in [6.07, 6.45) is 0.106. The van der Waals surface area contributed by atoms with Crippen LogP contribution in [0.15, 0.2) is 18.2 Å². The summed E-state index contributed by atoms with van der Waals surface area (Å²) in [6, 6.07) is 5.53. The number of ether oxygens (including phenoxy) is 2. The first-order valence-corrected chi connectivity index (χ1v) is 7.58. The Kier molecular flexibility index (Phi) is 4.17. The highest BCUT2D eigenvalue weighted by Gasteiger charge is 2.40. The van der Waals surface area contributed by atoms with Crippen LogP contribution in [0.5, 0.6) is 5.75 Å². The molecule has 7 nitrogen and oxygen atoms in total. The minimum atomic E-state index is -0.354. The van der Waals surface area contributed by atoms with E-state index >= 15 is 0 Å². The van der Waals surface area contributed by atoms with Crippen molar-refractivity contribution in [2.75, 3.05) is 44.8 Å². The fourth-order valence-corrected chi connectivity index (χ4v) is 3.28. The third-order valence-electron chi connectivity index (χ3n) is 4.38. The lowest BCUT2D eigenvalue weighted by Gasteiger charge is -2.33. The van der Waals surface area contributed by atoms with Crippen molar-refractivity contribution < 1.29 is 14.4 Å². The molecule has 3 rings (SSSR count). The van der Waals surface area contributed by atoms with Crippen molar-refractivity contribution in [1.29, 1.82) is 0 Å². The Morgan fingerprint density at radius 2 is 2.27 bits per heavy atom. The van der Waals surface area contributed by atoms with Gasteiger partial charge in [0.2, 0.25) is 0 Å². The average molecular weight is 307 g/mol. The molecule has 0 unspecified atom stereocenters. The second kappa shape index (κ2) is 6.10. The molecule has 1 aromatic carbocycles. The van der Waals surface area contributed by atoms with Gasteiger partial charge in [-0.25, -0.2) is 0 Å². The van der Waals surface area contributed by atoms with Crippen LogP contribution in [0.2, 0.25) is 0 Å². The molecule has 120 valence electrons. The molecule has 2 heterocycles. The first-order chi connectivity index (χ1) is 10.6. The number of nitro groups is 1. The highest BCUT2D eigenvalue weighted by atomic mass is 16.6. The van der Waals surface area contributed by atoms with Gasteiger partial charge in [0.15, 0.2) is 5.75 Å². The Bertz CT molecular complexity index is 566. The zero-order chi connectivity index (χ0) is 15.7. The van der Waals surface area contributed by atoms with Gasteiger partial charge in [-0.1, -0.05) is 6.07 Å².